The average molecular weight is 341 g/mol. The molecule has 23 heavy (non-hydrogen) atoms. The van der Waals surface area contributed by atoms with Crippen molar-refractivity contribution in [2.24, 2.45) is 5.92 Å². The van der Waals surface area contributed by atoms with Crippen LogP contribution in [0.2, 0.25) is 5.15 Å². The fourth-order valence-electron chi connectivity index (χ4n) is 2.64. The summed E-state index contributed by atoms with van der Waals surface area (Å²) in [5.41, 5.74) is -0.444. The van der Waals surface area contributed by atoms with Gasteiger partial charge in [-0.3, -0.25) is 0 Å². The number of aromatic nitrogens is 2. The van der Waals surface area contributed by atoms with Gasteiger partial charge in [0.1, 0.15) is 22.9 Å². The van der Waals surface area contributed by atoms with Crippen molar-refractivity contribution in [1.82, 2.24) is 14.9 Å². The lowest BCUT2D eigenvalue weighted by molar-refractivity contribution is 0.0186. The molecule has 7 heteroatoms. The highest BCUT2D eigenvalue weighted by molar-refractivity contribution is 6.29. The monoisotopic (exact) mass is 340 g/mol. The summed E-state index contributed by atoms with van der Waals surface area (Å²) in [6, 6.07) is 1.76. The Kier molecular flexibility index (Phi) is 5.68. The van der Waals surface area contributed by atoms with Crippen molar-refractivity contribution in [2.45, 2.75) is 39.2 Å². The molecule has 1 saturated heterocycles. The zero-order valence-electron chi connectivity index (χ0n) is 14.3. The molecule has 2 heterocycles. The number of carbonyl (C=O) groups excluding carboxylic acids is 1. The van der Waals surface area contributed by atoms with Crippen LogP contribution in [0.5, 0.6) is 0 Å². The summed E-state index contributed by atoms with van der Waals surface area (Å²) in [6.07, 6.45) is 3.18. The highest BCUT2D eigenvalue weighted by Gasteiger charge is 2.27. The third-order valence-corrected chi connectivity index (χ3v) is 4.02. The molecule has 1 aromatic rings. The van der Waals surface area contributed by atoms with E-state index in [1.165, 1.54) is 6.33 Å². The van der Waals surface area contributed by atoms with E-state index in [0.29, 0.717) is 11.1 Å². The molecule has 1 fully saturated rings. The van der Waals surface area contributed by atoms with Crippen LogP contribution in [-0.4, -0.2) is 53.2 Å². The summed E-state index contributed by atoms with van der Waals surface area (Å²) in [6.45, 7) is 8.02. The molecule has 6 nitrogen and oxygen atoms in total. The first-order chi connectivity index (χ1) is 10.7. The number of piperidine rings is 1. The molecule has 0 aliphatic carbocycles. The molecule has 0 bridgehead atoms. The van der Waals surface area contributed by atoms with Gasteiger partial charge in [-0.2, -0.15) is 0 Å². The van der Waals surface area contributed by atoms with Crippen molar-refractivity contribution in [1.29, 1.82) is 0 Å². The molecule has 1 amide bonds. The van der Waals surface area contributed by atoms with Gasteiger partial charge in [-0.15, -0.1) is 0 Å². The second kappa shape index (κ2) is 7.34. The van der Waals surface area contributed by atoms with Crippen molar-refractivity contribution >= 4 is 23.5 Å². The average Bonchev–Trinajstić information content (AvgIpc) is 2.46. The van der Waals surface area contributed by atoms with E-state index in [1.54, 1.807) is 11.0 Å². The van der Waals surface area contributed by atoms with E-state index in [9.17, 15) is 4.79 Å². The molecular weight excluding hydrogens is 316 g/mol. The van der Waals surface area contributed by atoms with Gasteiger partial charge in [-0.1, -0.05) is 11.6 Å². The molecule has 0 atom stereocenters. The van der Waals surface area contributed by atoms with E-state index in [4.69, 9.17) is 16.3 Å². The van der Waals surface area contributed by atoms with Crippen LogP contribution in [0.15, 0.2) is 12.4 Å². The lowest BCUT2D eigenvalue weighted by Gasteiger charge is -2.35. The summed E-state index contributed by atoms with van der Waals surface area (Å²) in [5, 5.41) is 0.446. The zero-order valence-corrected chi connectivity index (χ0v) is 15.0. The van der Waals surface area contributed by atoms with Crippen LogP contribution < -0.4 is 4.90 Å². The van der Waals surface area contributed by atoms with Crippen molar-refractivity contribution in [3.63, 3.8) is 0 Å². The van der Waals surface area contributed by atoms with E-state index in [1.807, 2.05) is 27.8 Å². The van der Waals surface area contributed by atoms with E-state index >= 15 is 0 Å². The number of anilines is 1. The Labute approximate surface area is 142 Å². The van der Waals surface area contributed by atoms with Crippen molar-refractivity contribution in [3.8, 4) is 0 Å². The fraction of sp³-hybridized carbons (Fsp3) is 0.688. The number of nitrogens with zero attached hydrogens (tertiary/aromatic N) is 4. The maximum Gasteiger partial charge on any atom is 0.410 e. The first-order valence-electron chi connectivity index (χ1n) is 7.91. The van der Waals surface area contributed by atoms with Crippen LogP contribution >= 0.6 is 11.6 Å². The number of rotatable bonds is 3. The largest absolute Gasteiger partial charge is 0.444 e. The molecule has 128 valence electrons. The molecule has 1 aliphatic rings. The molecule has 0 N–H and O–H groups in total. The Morgan fingerprint density at radius 3 is 2.61 bits per heavy atom. The quantitative estimate of drug-likeness (QED) is 0.791. The normalized spacial score (nSPS) is 16.3. The third-order valence-electron chi connectivity index (χ3n) is 3.81. The molecular formula is C16H25ClN4O2. The maximum absolute atomic E-state index is 12.1. The highest BCUT2D eigenvalue weighted by Crippen LogP contribution is 2.22. The molecule has 1 aliphatic heterocycles. The minimum absolute atomic E-state index is 0.216. The number of amides is 1. The predicted octanol–water partition coefficient (Wildman–Crippen LogP) is 3.21. The van der Waals surface area contributed by atoms with Crippen molar-refractivity contribution in [3.05, 3.63) is 17.5 Å². The van der Waals surface area contributed by atoms with Crippen LogP contribution in [0.3, 0.4) is 0 Å². The minimum atomic E-state index is -0.444. The first-order valence-corrected chi connectivity index (χ1v) is 8.29. The van der Waals surface area contributed by atoms with Crippen molar-refractivity contribution in [2.75, 3.05) is 31.6 Å². The zero-order chi connectivity index (χ0) is 17.0. The SMILES string of the molecule is CN(CC1CCN(C(=O)OC(C)(C)C)CC1)c1cc(Cl)ncn1. The number of halogens is 1. The standard InChI is InChI=1S/C16H25ClN4O2/c1-16(2,3)23-15(22)21-7-5-12(6-8-21)10-20(4)14-9-13(17)18-11-19-14/h9,11-12H,5-8,10H2,1-4H3. The molecule has 0 spiro atoms. The molecule has 0 unspecified atom stereocenters. The van der Waals surface area contributed by atoms with Gasteiger partial charge < -0.3 is 14.5 Å². The number of hydrogen-bond acceptors (Lipinski definition) is 5. The van der Waals surface area contributed by atoms with E-state index in [-0.39, 0.29) is 6.09 Å². The predicted molar refractivity (Wildman–Crippen MR) is 90.8 cm³/mol. The van der Waals surface area contributed by atoms with Crippen LogP contribution in [0.4, 0.5) is 10.6 Å². The minimum Gasteiger partial charge on any atom is -0.444 e. The molecule has 0 aromatic carbocycles. The van der Waals surface area contributed by atoms with Gasteiger partial charge in [0.15, 0.2) is 0 Å². The Morgan fingerprint density at radius 1 is 1.39 bits per heavy atom. The summed E-state index contributed by atoms with van der Waals surface area (Å²) in [5.74, 6) is 1.34. The topological polar surface area (TPSA) is 58.6 Å². The first kappa shape index (κ1) is 17.8. The van der Waals surface area contributed by atoms with E-state index in [2.05, 4.69) is 14.9 Å². The van der Waals surface area contributed by atoms with Crippen molar-refractivity contribution < 1.29 is 9.53 Å². The summed E-state index contributed by atoms with van der Waals surface area (Å²) in [4.78, 5) is 24.1. The number of hydrogen-bond donors (Lipinski definition) is 0. The molecule has 1 aromatic heterocycles. The molecule has 0 saturated carbocycles. The Balaban J connectivity index is 1.81. The second-order valence-corrected chi connectivity index (χ2v) is 7.38. The molecule has 0 radical (unpaired) electrons. The van der Waals surface area contributed by atoms with Gasteiger partial charge in [0.2, 0.25) is 0 Å². The van der Waals surface area contributed by atoms with Gasteiger partial charge in [-0.25, -0.2) is 14.8 Å². The lowest BCUT2D eigenvalue weighted by Crippen LogP contribution is -2.43. The summed E-state index contributed by atoms with van der Waals surface area (Å²) >= 11 is 5.90. The van der Waals surface area contributed by atoms with Crippen LogP contribution in [0, 0.1) is 5.92 Å². The Bertz CT molecular complexity index is 539. The number of likely N-dealkylation sites (tertiary alicyclic amines) is 1. The Hall–Kier alpha value is -1.56. The fourth-order valence-corrected chi connectivity index (χ4v) is 2.78. The van der Waals surface area contributed by atoms with Gasteiger partial charge in [0.25, 0.3) is 0 Å². The van der Waals surface area contributed by atoms with Crippen LogP contribution in [0.25, 0.3) is 0 Å². The van der Waals surface area contributed by atoms with E-state index < -0.39 is 5.60 Å². The smallest absolute Gasteiger partial charge is 0.410 e. The number of ether oxygens (including phenoxy) is 1. The highest BCUT2D eigenvalue weighted by atomic mass is 35.5. The maximum atomic E-state index is 12.1. The van der Waals surface area contributed by atoms with Gasteiger partial charge in [0, 0.05) is 32.7 Å². The van der Waals surface area contributed by atoms with Gasteiger partial charge >= 0.3 is 6.09 Å². The molecule has 2 rings (SSSR count). The van der Waals surface area contributed by atoms with Gasteiger partial charge in [-0.05, 0) is 39.5 Å². The Morgan fingerprint density at radius 2 is 2.04 bits per heavy atom. The second-order valence-electron chi connectivity index (χ2n) is 6.99. The number of carbonyl (C=O) groups is 1. The summed E-state index contributed by atoms with van der Waals surface area (Å²) < 4.78 is 5.42. The van der Waals surface area contributed by atoms with Crippen LogP contribution in [-0.2, 0) is 4.74 Å². The third kappa shape index (κ3) is 5.53. The summed E-state index contributed by atoms with van der Waals surface area (Å²) in [7, 11) is 2.00. The van der Waals surface area contributed by atoms with Crippen LogP contribution in [0.1, 0.15) is 33.6 Å². The van der Waals surface area contributed by atoms with Gasteiger partial charge in [0.05, 0.1) is 0 Å². The lowest BCUT2D eigenvalue weighted by atomic mass is 9.96. The van der Waals surface area contributed by atoms with E-state index in [0.717, 1.165) is 38.3 Å².